The number of nitrogens with zero attached hydrogens (tertiary/aromatic N) is 1. The standard InChI is InChI=1S/C22H24N2O3S/c25-28(26,19-11-12-19)18-9-7-15(8-10-18)21(27-17-5-1-2-6-17)20-14-16-4-3-13-23-22(16)24-20/h3-4,7-10,13-14,17,19,21H,1-2,5-6,11-12H2,(H,23,24). The Morgan fingerprint density at radius 1 is 1.04 bits per heavy atom. The third-order valence-corrected chi connectivity index (χ3v) is 8.08. The van der Waals surface area contributed by atoms with E-state index in [2.05, 4.69) is 16.0 Å². The van der Waals surface area contributed by atoms with Crippen LogP contribution in [-0.2, 0) is 14.6 Å². The van der Waals surface area contributed by atoms with Crippen molar-refractivity contribution in [2.75, 3.05) is 0 Å². The molecule has 0 spiro atoms. The molecule has 0 saturated heterocycles. The van der Waals surface area contributed by atoms with E-state index in [4.69, 9.17) is 4.74 Å². The quantitative estimate of drug-likeness (QED) is 0.664. The number of H-pyrrole nitrogens is 1. The lowest BCUT2D eigenvalue weighted by atomic mass is 10.1. The first kappa shape index (κ1) is 17.9. The number of fused-ring (bicyclic) bond motifs is 1. The summed E-state index contributed by atoms with van der Waals surface area (Å²) in [6.45, 7) is 0. The highest BCUT2D eigenvalue weighted by atomic mass is 32.2. The number of hydrogen-bond acceptors (Lipinski definition) is 4. The Balaban J connectivity index is 1.50. The van der Waals surface area contributed by atoms with E-state index in [0.29, 0.717) is 4.90 Å². The molecule has 1 aromatic carbocycles. The lowest BCUT2D eigenvalue weighted by molar-refractivity contribution is 0.0110. The fourth-order valence-corrected chi connectivity index (χ4v) is 5.73. The molecule has 5 nitrogen and oxygen atoms in total. The second kappa shape index (κ2) is 7.01. The molecule has 1 unspecified atom stereocenters. The van der Waals surface area contributed by atoms with E-state index in [-0.39, 0.29) is 17.5 Å². The normalized spacial score (nSPS) is 19.3. The number of sulfone groups is 1. The van der Waals surface area contributed by atoms with Gasteiger partial charge < -0.3 is 9.72 Å². The van der Waals surface area contributed by atoms with Gasteiger partial charge in [0.15, 0.2) is 9.84 Å². The highest BCUT2D eigenvalue weighted by Gasteiger charge is 2.37. The molecule has 1 atom stereocenters. The monoisotopic (exact) mass is 396 g/mol. The van der Waals surface area contributed by atoms with Gasteiger partial charge in [-0.15, -0.1) is 0 Å². The van der Waals surface area contributed by atoms with Crippen molar-refractivity contribution in [3.63, 3.8) is 0 Å². The molecule has 2 aliphatic rings. The van der Waals surface area contributed by atoms with Crippen LogP contribution in [0.5, 0.6) is 0 Å². The van der Waals surface area contributed by atoms with Crippen LogP contribution in [0, 0.1) is 0 Å². The first-order valence-corrected chi connectivity index (χ1v) is 11.6. The minimum atomic E-state index is -3.17. The van der Waals surface area contributed by atoms with Crippen LogP contribution in [0.4, 0.5) is 0 Å². The number of benzene rings is 1. The van der Waals surface area contributed by atoms with Gasteiger partial charge in [-0.25, -0.2) is 13.4 Å². The number of aromatic nitrogens is 2. The Hall–Kier alpha value is -2.18. The molecule has 5 rings (SSSR count). The molecule has 3 aromatic rings. The van der Waals surface area contributed by atoms with Gasteiger partial charge in [0.2, 0.25) is 0 Å². The van der Waals surface area contributed by atoms with Crippen molar-refractivity contribution in [1.29, 1.82) is 0 Å². The first-order chi connectivity index (χ1) is 13.6. The maximum absolute atomic E-state index is 12.5. The molecule has 2 heterocycles. The van der Waals surface area contributed by atoms with Crippen molar-refractivity contribution in [3.8, 4) is 0 Å². The molecule has 1 N–H and O–H groups in total. The molecule has 2 saturated carbocycles. The van der Waals surface area contributed by atoms with Gasteiger partial charge in [0, 0.05) is 11.6 Å². The molecule has 0 radical (unpaired) electrons. The summed E-state index contributed by atoms with van der Waals surface area (Å²) in [6.07, 6.45) is 7.85. The maximum atomic E-state index is 12.5. The number of rotatable bonds is 6. The van der Waals surface area contributed by atoms with E-state index >= 15 is 0 Å². The molecule has 2 aliphatic carbocycles. The lowest BCUT2D eigenvalue weighted by Crippen LogP contribution is -2.15. The molecule has 28 heavy (non-hydrogen) atoms. The third kappa shape index (κ3) is 3.35. The SMILES string of the molecule is O=S(=O)(c1ccc(C(OC2CCCC2)c2cc3cccnc3[nH]2)cc1)C1CC1. The number of aromatic amines is 1. The molecule has 146 valence electrons. The van der Waals surface area contributed by atoms with Gasteiger partial charge in [0.05, 0.1) is 21.9 Å². The molecule has 2 aromatic heterocycles. The van der Waals surface area contributed by atoms with Gasteiger partial charge in [0.25, 0.3) is 0 Å². The van der Waals surface area contributed by atoms with Crippen molar-refractivity contribution in [2.24, 2.45) is 0 Å². The molecule has 0 amide bonds. The van der Waals surface area contributed by atoms with Gasteiger partial charge in [-0.2, -0.15) is 0 Å². The van der Waals surface area contributed by atoms with Crippen molar-refractivity contribution >= 4 is 20.9 Å². The minimum absolute atomic E-state index is 0.191. The Labute approximate surface area is 165 Å². The molecular weight excluding hydrogens is 372 g/mol. The summed E-state index contributed by atoms with van der Waals surface area (Å²) < 4.78 is 31.5. The van der Waals surface area contributed by atoms with Crippen LogP contribution < -0.4 is 0 Å². The summed E-state index contributed by atoms with van der Waals surface area (Å²) in [6, 6.07) is 13.3. The number of hydrogen-bond donors (Lipinski definition) is 1. The van der Waals surface area contributed by atoms with Gasteiger partial charge in [-0.1, -0.05) is 25.0 Å². The van der Waals surface area contributed by atoms with Crippen LogP contribution >= 0.6 is 0 Å². The molecule has 6 heteroatoms. The largest absolute Gasteiger partial charge is 0.364 e. The van der Waals surface area contributed by atoms with Crippen LogP contribution in [-0.4, -0.2) is 29.7 Å². The highest BCUT2D eigenvalue weighted by Crippen LogP contribution is 2.36. The summed E-state index contributed by atoms with van der Waals surface area (Å²) in [5.74, 6) is 0. The predicted molar refractivity (Wildman–Crippen MR) is 108 cm³/mol. The average Bonchev–Trinajstić information content (AvgIpc) is 3.30. The fraction of sp³-hybridized carbons (Fsp3) is 0.409. The topological polar surface area (TPSA) is 72.1 Å². The fourth-order valence-electron chi connectivity index (χ4n) is 4.07. The van der Waals surface area contributed by atoms with E-state index in [1.165, 1.54) is 12.8 Å². The number of pyridine rings is 1. The van der Waals surface area contributed by atoms with Crippen LogP contribution in [0.3, 0.4) is 0 Å². The van der Waals surface area contributed by atoms with Gasteiger partial charge in [-0.05, 0) is 61.6 Å². The molecule has 0 bridgehead atoms. The molecule has 0 aliphatic heterocycles. The van der Waals surface area contributed by atoms with Gasteiger partial charge in [-0.3, -0.25) is 0 Å². The van der Waals surface area contributed by atoms with Gasteiger partial charge >= 0.3 is 0 Å². The van der Waals surface area contributed by atoms with E-state index in [0.717, 1.165) is 48.0 Å². The highest BCUT2D eigenvalue weighted by molar-refractivity contribution is 7.92. The number of ether oxygens (including phenoxy) is 1. The average molecular weight is 397 g/mol. The summed E-state index contributed by atoms with van der Waals surface area (Å²) in [5, 5.41) is 0.856. The van der Waals surface area contributed by atoms with E-state index in [1.807, 2.05) is 24.3 Å². The van der Waals surface area contributed by atoms with Crippen molar-refractivity contribution in [3.05, 3.63) is 59.9 Å². The van der Waals surface area contributed by atoms with E-state index in [1.54, 1.807) is 18.3 Å². The Morgan fingerprint density at radius 3 is 2.46 bits per heavy atom. The summed E-state index contributed by atoms with van der Waals surface area (Å²) >= 11 is 0. The molecular formula is C22H24N2O3S. The van der Waals surface area contributed by atoms with Crippen molar-refractivity contribution < 1.29 is 13.2 Å². The maximum Gasteiger partial charge on any atom is 0.181 e. The lowest BCUT2D eigenvalue weighted by Gasteiger charge is -2.22. The second-order valence-electron chi connectivity index (χ2n) is 7.90. The summed E-state index contributed by atoms with van der Waals surface area (Å²) in [4.78, 5) is 8.19. The zero-order valence-corrected chi connectivity index (χ0v) is 16.5. The minimum Gasteiger partial charge on any atom is -0.364 e. The van der Waals surface area contributed by atoms with Crippen LogP contribution in [0.1, 0.15) is 55.9 Å². The Kier molecular flexibility index (Phi) is 4.48. The van der Waals surface area contributed by atoms with Crippen LogP contribution in [0.25, 0.3) is 11.0 Å². The predicted octanol–water partition coefficient (Wildman–Crippen LogP) is 4.55. The van der Waals surface area contributed by atoms with Crippen molar-refractivity contribution in [1.82, 2.24) is 9.97 Å². The summed E-state index contributed by atoms with van der Waals surface area (Å²) in [5.41, 5.74) is 2.76. The molecule has 2 fully saturated rings. The van der Waals surface area contributed by atoms with Crippen LogP contribution in [0.2, 0.25) is 0 Å². The zero-order valence-electron chi connectivity index (χ0n) is 15.7. The van der Waals surface area contributed by atoms with Gasteiger partial charge in [0.1, 0.15) is 11.8 Å². The van der Waals surface area contributed by atoms with Crippen LogP contribution in [0.15, 0.2) is 53.6 Å². The Bertz CT molecular complexity index is 1050. The Morgan fingerprint density at radius 2 is 1.79 bits per heavy atom. The van der Waals surface area contributed by atoms with Crippen molar-refractivity contribution in [2.45, 2.75) is 60.9 Å². The van der Waals surface area contributed by atoms with E-state index in [9.17, 15) is 8.42 Å². The summed E-state index contributed by atoms with van der Waals surface area (Å²) in [7, 11) is -3.17. The van der Waals surface area contributed by atoms with E-state index < -0.39 is 9.84 Å². The number of nitrogens with one attached hydrogen (secondary N) is 1. The second-order valence-corrected chi connectivity index (χ2v) is 10.1. The smallest absolute Gasteiger partial charge is 0.181 e. The zero-order chi connectivity index (χ0) is 19.1. The first-order valence-electron chi connectivity index (χ1n) is 10.0. The third-order valence-electron chi connectivity index (χ3n) is 5.80.